The van der Waals surface area contributed by atoms with Crippen molar-refractivity contribution in [3.63, 3.8) is 0 Å². The molecular formula is C23H28Cl2N2O6S. The Morgan fingerprint density at radius 2 is 1.71 bits per heavy atom. The molecule has 0 aromatic heterocycles. The molecular weight excluding hydrogens is 503 g/mol. The maximum atomic E-state index is 13.4. The van der Waals surface area contributed by atoms with Crippen LogP contribution in [0, 0.1) is 12.3 Å². The minimum absolute atomic E-state index is 0.0453. The molecule has 1 heterocycles. The van der Waals surface area contributed by atoms with Gasteiger partial charge in [-0.25, -0.2) is 8.42 Å². The molecule has 0 radical (unpaired) electrons. The Bertz CT molecular complexity index is 1160. The van der Waals surface area contributed by atoms with E-state index in [0.717, 1.165) is 5.56 Å². The zero-order valence-electron chi connectivity index (χ0n) is 19.3. The largest absolute Gasteiger partial charge is 0.495 e. The number of primary amides is 1. The van der Waals surface area contributed by atoms with Crippen LogP contribution in [-0.2, 0) is 14.8 Å². The third-order valence-corrected chi connectivity index (χ3v) is 8.70. The van der Waals surface area contributed by atoms with E-state index in [1.54, 1.807) is 12.1 Å². The van der Waals surface area contributed by atoms with Crippen LogP contribution in [0.4, 0.5) is 0 Å². The number of nitrogens with zero attached hydrogens (tertiary/aromatic N) is 1. The van der Waals surface area contributed by atoms with Crippen molar-refractivity contribution in [2.45, 2.75) is 31.1 Å². The molecule has 2 N–H and O–H groups in total. The predicted molar refractivity (Wildman–Crippen MR) is 130 cm³/mol. The van der Waals surface area contributed by atoms with Crippen LogP contribution in [0.3, 0.4) is 0 Å². The molecule has 1 aliphatic rings. The summed E-state index contributed by atoms with van der Waals surface area (Å²) in [6.07, 6.45) is 0.882. The first-order valence-electron chi connectivity index (χ1n) is 10.6. The molecule has 11 heteroatoms. The first-order chi connectivity index (χ1) is 16.0. The molecule has 2 aromatic carbocycles. The van der Waals surface area contributed by atoms with Gasteiger partial charge in [-0.3, -0.25) is 4.79 Å². The normalized spacial score (nSPS) is 16.1. The van der Waals surface area contributed by atoms with E-state index in [9.17, 15) is 13.2 Å². The smallest absolute Gasteiger partial charge is 0.246 e. The van der Waals surface area contributed by atoms with Gasteiger partial charge in [-0.1, -0.05) is 23.2 Å². The first-order valence-corrected chi connectivity index (χ1v) is 12.8. The second-order valence-corrected chi connectivity index (χ2v) is 11.1. The van der Waals surface area contributed by atoms with Gasteiger partial charge >= 0.3 is 0 Å². The third kappa shape index (κ3) is 5.71. The summed E-state index contributed by atoms with van der Waals surface area (Å²) in [7, 11) is -1.10. The lowest BCUT2D eigenvalue weighted by Gasteiger charge is -2.40. The molecule has 3 rings (SSSR count). The zero-order chi connectivity index (χ0) is 25.1. The Morgan fingerprint density at radius 3 is 2.26 bits per heavy atom. The molecule has 1 aliphatic heterocycles. The molecule has 2 aromatic rings. The number of carbonyl (C=O) groups excluding carboxylic acids is 1. The molecule has 186 valence electrons. The van der Waals surface area contributed by atoms with Crippen molar-refractivity contribution in [2.75, 3.05) is 33.9 Å². The van der Waals surface area contributed by atoms with Gasteiger partial charge in [0.05, 0.1) is 25.8 Å². The molecule has 1 saturated heterocycles. The number of halogens is 2. The van der Waals surface area contributed by atoms with Crippen LogP contribution in [0.1, 0.15) is 24.8 Å². The van der Waals surface area contributed by atoms with Crippen molar-refractivity contribution >= 4 is 39.1 Å². The highest BCUT2D eigenvalue weighted by atomic mass is 35.5. The summed E-state index contributed by atoms with van der Waals surface area (Å²) in [5.74, 6) is 0.608. The van der Waals surface area contributed by atoms with E-state index in [1.165, 1.54) is 30.7 Å². The molecule has 0 aliphatic carbocycles. The molecule has 34 heavy (non-hydrogen) atoms. The summed E-state index contributed by atoms with van der Waals surface area (Å²) in [4.78, 5) is 11.8. The SMILES string of the molecule is COc1cc(OC)c(S(=O)(=O)N2CCC(COc3ccc(Cl)c(C)c3)(CC(N)=O)CC2)cc1Cl. The van der Waals surface area contributed by atoms with Crippen molar-refractivity contribution in [1.82, 2.24) is 4.31 Å². The van der Waals surface area contributed by atoms with Gasteiger partial charge in [-0.05, 0) is 49.6 Å². The molecule has 0 saturated carbocycles. The van der Waals surface area contributed by atoms with E-state index < -0.39 is 21.3 Å². The maximum absolute atomic E-state index is 13.4. The molecule has 0 bridgehead atoms. The summed E-state index contributed by atoms with van der Waals surface area (Å²) in [6.45, 7) is 2.47. The summed E-state index contributed by atoms with van der Waals surface area (Å²) >= 11 is 12.3. The van der Waals surface area contributed by atoms with Gasteiger partial charge in [0.2, 0.25) is 15.9 Å². The summed E-state index contributed by atoms with van der Waals surface area (Å²) in [5.41, 5.74) is 5.81. The second-order valence-electron chi connectivity index (χ2n) is 8.38. The Balaban J connectivity index is 1.80. The predicted octanol–water partition coefficient (Wildman–Crippen LogP) is 4.04. The molecule has 1 fully saturated rings. The number of hydrogen-bond donors (Lipinski definition) is 1. The van der Waals surface area contributed by atoms with E-state index >= 15 is 0 Å². The van der Waals surface area contributed by atoms with Gasteiger partial charge < -0.3 is 19.9 Å². The van der Waals surface area contributed by atoms with Crippen molar-refractivity contribution in [3.8, 4) is 17.2 Å². The van der Waals surface area contributed by atoms with Crippen LogP contribution in [0.15, 0.2) is 35.2 Å². The van der Waals surface area contributed by atoms with Gasteiger partial charge in [0.15, 0.2) is 0 Å². The molecule has 8 nitrogen and oxygen atoms in total. The average Bonchev–Trinajstić information content (AvgIpc) is 2.79. The number of methoxy groups -OCH3 is 2. The van der Waals surface area contributed by atoms with E-state index in [-0.39, 0.29) is 41.8 Å². The molecule has 0 atom stereocenters. The highest BCUT2D eigenvalue weighted by Crippen LogP contribution is 2.41. The van der Waals surface area contributed by atoms with Gasteiger partial charge in [0, 0.05) is 36.0 Å². The number of nitrogens with two attached hydrogens (primary N) is 1. The monoisotopic (exact) mass is 530 g/mol. The number of aryl methyl sites for hydroxylation is 1. The lowest BCUT2D eigenvalue weighted by atomic mass is 9.76. The van der Waals surface area contributed by atoms with E-state index in [1.807, 2.05) is 13.0 Å². The van der Waals surface area contributed by atoms with Gasteiger partial charge in [-0.15, -0.1) is 0 Å². The Morgan fingerprint density at radius 1 is 1.06 bits per heavy atom. The average molecular weight is 531 g/mol. The third-order valence-electron chi connectivity index (χ3n) is 6.06. The lowest BCUT2D eigenvalue weighted by molar-refractivity contribution is -0.121. The Hall–Kier alpha value is -2.20. The van der Waals surface area contributed by atoms with E-state index in [2.05, 4.69) is 0 Å². The minimum Gasteiger partial charge on any atom is -0.495 e. The molecule has 1 amide bonds. The summed E-state index contributed by atoms with van der Waals surface area (Å²) in [6, 6.07) is 8.09. The second kappa shape index (κ2) is 10.6. The number of benzene rings is 2. The number of piperidine rings is 1. The lowest BCUT2D eigenvalue weighted by Crippen LogP contribution is -2.47. The highest BCUT2D eigenvalue weighted by molar-refractivity contribution is 7.89. The maximum Gasteiger partial charge on any atom is 0.246 e. The number of rotatable bonds is 9. The standard InChI is InChI=1S/C23H28Cl2N2O6S/c1-15-10-16(4-5-17(15)24)33-14-23(13-22(26)28)6-8-27(9-7-23)34(29,30)21-11-18(25)19(31-2)12-20(21)32-3/h4-5,10-12H,6-9,13-14H2,1-3H3,(H2,26,28). The molecule has 0 spiro atoms. The Kier molecular flexibility index (Phi) is 8.23. The van der Waals surface area contributed by atoms with Gasteiger partial charge in [0.25, 0.3) is 0 Å². The number of ether oxygens (including phenoxy) is 3. The van der Waals surface area contributed by atoms with Crippen LogP contribution in [0.25, 0.3) is 0 Å². The van der Waals surface area contributed by atoms with Crippen LogP contribution < -0.4 is 19.9 Å². The number of hydrogen-bond acceptors (Lipinski definition) is 6. The number of amides is 1. The first kappa shape index (κ1) is 26.4. The number of carbonyl (C=O) groups is 1. The fourth-order valence-corrected chi connectivity index (χ4v) is 6.09. The van der Waals surface area contributed by atoms with E-state index in [4.69, 9.17) is 43.1 Å². The quantitative estimate of drug-likeness (QED) is 0.523. The minimum atomic E-state index is -3.91. The number of sulfonamides is 1. The van der Waals surface area contributed by atoms with Gasteiger partial charge in [0.1, 0.15) is 22.1 Å². The summed E-state index contributed by atoms with van der Waals surface area (Å²) < 4.78 is 44.6. The van der Waals surface area contributed by atoms with Crippen LogP contribution in [0.5, 0.6) is 17.2 Å². The topological polar surface area (TPSA) is 108 Å². The van der Waals surface area contributed by atoms with Crippen LogP contribution >= 0.6 is 23.2 Å². The highest BCUT2D eigenvalue weighted by Gasteiger charge is 2.41. The van der Waals surface area contributed by atoms with Gasteiger partial charge in [-0.2, -0.15) is 4.31 Å². The van der Waals surface area contributed by atoms with Crippen molar-refractivity contribution in [1.29, 1.82) is 0 Å². The zero-order valence-corrected chi connectivity index (χ0v) is 21.6. The van der Waals surface area contributed by atoms with Crippen molar-refractivity contribution in [2.24, 2.45) is 11.1 Å². The Labute approximate surface area is 209 Å². The van der Waals surface area contributed by atoms with Crippen molar-refractivity contribution in [3.05, 3.63) is 45.9 Å². The van der Waals surface area contributed by atoms with E-state index in [0.29, 0.717) is 29.4 Å². The fraction of sp³-hybridized carbons (Fsp3) is 0.435. The summed E-state index contributed by atoms with van der Waals surface area (Å²) in [5, 5.41) is 0.792. The van der Waals surface area contributed by atoms with Crippen molar-refractivity contribution < 1.29 is 27.4 Å². The fourth-order valence-electron chi connectivity index (χ4n) is 4.06. The van der Waals surface area contributed by atoms with Crippen LogP contribution in [0.2, 0.25) is 10.0 Å². The molecule has 0 unspecified atom stereocenters. The van der Waals surface area contributed by atoms with Crippen LogP contribution in [-0.4, -0.2) is 52.5 Å².